The van der Waals surface area contributed by atoms with Crippen LogP contribution in [0.3, 0.4) is 0 Å². The SMILES string of the molecule is CCc1ccc(NC(=O)[C@H]2[C@@H]3C=C[C@H]([C@H]4C[C@H]34)[C@@H]2C(=O)O)cc1. The van der Waals surface area contributed by atoms with E-state index in [9.17, 15) is 14.7 Å². The fourth-order valence-corrected chi connectivity index (χ4v) is 4.62. The van der Waals surface area contributed by atoms with Gasteiger partial charge in [-0.2, -0.15) is 0 Å². The summed E-state index contributed by atoms with van der Waals surface area (Å²) in [5.41, 5.74) is 1.96. The molecular formula is C19H21NO3. The molecule has 4 aliphatic carbocycles. The number of rotatable bonds is 4. The van der Waals surface area contributed by atoms with Gasteiger partial charge in [0.05, 0.1) is 11.8 Å². The summed E-state index contributed by atoms with van der Waals surface area (Å²) in [5.74, 6) is -0.900. The van der Waals surface area contributed by atoms with Crippen molar-refractivity contribution in [2.75, 3.05) is 5.32 Å². The first-order valence-electron chi connectivity index (χ1n) is 8.41. The maximum absolute atomic E-state index is 12.8. The lowest BCUT2D eigenvalue weighted by molar-refractivity contribution is -0.152. The van der Waals surface area contributed by atoms with E-state index in [1.54, 1.807) is 0 Å². The minimum Gasteiger partial charge on any atom is -0.481 e. The lowest BCUT2D eigenvalue weighted by Crippen LogP contribution is -2.48. The fourth-order valence-electron chi connectivity index (χ4n) is 4.62. The molecule has 4 heteroatoms. The second-order valence-corrected chi connectivity index (χ2v) is 7.03. The highest BCUT2D eigenvalue weighted by Crippen LogP contribution is 2.63. The number of aryl methyl sites for hydroxylation is 1. The predicted molar refractivity (Wildman–Crippen MR) is 86.8 cm³/mol. The Morgan fingerprint density at radius 2 is 1.70 bits per heavy atom. The molecule has 0 aromatic heterocycles. The number of carboxylic acids is 1. The van der Waals surface area contributed by atoms with E-state index in [0.29, 0.717) is 11.8 Å². The van der Waals surface area contributed by atoms with Crippen LogP contribution in [0.25, 0.3) is 0 Å². The first kappa shape index (κ1) is 14.5. The van der Waals surface area contributed by atoms with E-state index in [1.165, 1.54) is 5.56 Å². The Morgan fingerprint density at radius 3 is 2.26 bits per heavy atom. The van der Waals surface area contributed by atoms with Crippen LogP contribution in [0.5, 0.6) is 0 Å². The second-order valence-electron chi connectivity index (χ2n) is 7.03. The maximum Gasteiger partial charge on any atom is 0.307 e. The quantitative estimate of drug-likeness (QED) is 0.840. The molecular weight excluding hydrogens is 290 g/mol. The normalized spacial score (nSPS) is 36.4. The molecule has 0 spiro atoms. The molecule has 0 aliphatic heterocycles. The Hall–Kier alpha value is -2.10. The molecule has 4 aliphatic rings. The molecule has 120 valence electrons. The van der Waals surface area contributed by atoms with E-state index < -0.39 is 17.8 Å². The van der Waals surface area contributed by atoms with Gasteiger partial charge in [0, 0.05) is 5.69 Å². The van der Waals surface area contributed by atoms with E-state index >= 15 is 0 Å². The number of nitrogens with one attached hydrogen (secondary N) is 1. The Bertz CT molecular complexity index is 678. The molecule has 0 radical (unpaired) electrons. The molecule has 0 unspecified atom stereocenters. The zero-order chi connectivity index (χ0) is 16.1. The van der Waals surface area contributed by atoms with Crippen LogP contribution in [0.15, 0.2) is 36.4 Å². The van der Waals surface area contributed by atoms with E-state index in [2.05, 4.69) is 18.3 Å². The van der Waals surface area contributed by atoms with Gasteiger partial charge in [-0.3, -0.25) is 9.59 Å². The van der Waals surface area contributed by atoms with Gasteiger partial charge in [-0.15, -0.1) is 0 Å². The third kappa shape index (κ3) is 2.28. The number of benzene rings is 1. The van der Waals surface area contributed by atoms with Gasteiger partial charge in [0.1, 0.15) is 0 Å². The molecule has 1 aromatic rings. The number of fused-ring (bicyclic) bond motifs is 1. The molecule has 1 amide bonds. The van der Waals surface area contributed by atoms with Crippen LogP contribution in [0.1, 0.15) is 18.9 Å². The number of anilines is 1. The van der Waals surface area contributed by atoms with Crippen LogP contribution in [0.4, 0.5) is 5.69 Å². The van der Waals surface area contributed by atoms with Crippen molar-refractivity contribution in [2.24, 2.45) is 35.5 Å². The number of aliphatic carboxylic acids is 1. The summed E-state index contributed by atoms with van der Waals surface area (Å²) >= 11 is 0. The smallest absolute Gasteiger partial charge is 0.307 e. The molecule has 0 heterocycles. The number of carbonyl (C=O) groups is 2. The minimum absolute atomic E-state index is 0.0284. The highest BCUT2D eigenvalue weighted by atomic mass is 16.4. The van der Waals surface area contributed by atoms with Crippen molar-refractivity contribution >= 4 is 17.6 Å². The topological polar surface area (TPSA) is 66.4 Å². The molecule has 6 atom stereocenters. The molecule has 2 saturated carbocycles. The van der Waals surface area contributed by atoms with Crippen LogP contribution in [0.2, 0.25) is 0 Å². The van der Waals surface area contributed by atoms with Crippen molar-refractivity contribution in [3.63, 3.8) is 0 Å². The number of hydrogen-bond acceptors (Lipinski definition) is 2. The van der Waals surface area contributed by atoms with E-state index in [1.807, 2.05) is 30.3 Å². The number of carboxylic acid groups (broad SMARTS) is 1. The summed E-state index contributed by atoms with van der Waals surface area (Å²) in [5, 5.41) is 12.6. The average Bonchev–Trinajstić information content (AvgIpc) is 3.37. The molecule has 23 heavy (non-hydrogen) atoms. The summed E-state index contributed by atoms with van der Waals surface area (Å²) in [6.07, 6.45) is 6.15. The third-order valence-corrected chi connectivity index (χ3v) is 5.87. The Labute approximate surface area is 135 Å². The van der Waals surface area contributed by atoms with Crippen LogP contribution < -0.4 is 5.32 Å². The summed E-state index contributed by atoms with van der Waals surface area (Å²) in [7, 11) is 0. The molecule has 2 fully saturated rings. The van der Waals surface area contributed by atoms with E-state index in [-0.39, 0.29) is 17.7 Å². The van der Waals surface area contributed by atoms with E-state index in [4.69, 9.17) is 0 Å². The van der Waals surface area contributed by atoms with Gasteiger partial charge in [0.15, 0.2) is 0 Å². The van der Waals surface area contributed by atoms with Crippen molar-refractivity contribution in [3.05, 3.63) is 42.0 Å². The van der Waals surface area contributed by atoms with Crippen LogP contribution >= 0.6 is 0 Å². The van der Waals surface area contributed by atoms with Crippen LogP contribution in [0, 0.1) is 35.5 Å². The van der Waals surface area contributed by atoms with Gasteiger partial charge in [0.25, 0.3) is 0 Å². The largest absolute Gasteiger partial charge is 0.481 e. The van der Waals surface area contributed by atoms with Gasteiger partial charge in [-0.1, -0.05) is 31.2 Å². The molecule has 4 nitrogen and oxygen atoms in total. The first-order chi connectivity index (χ1) is 11.1. The lowest BCUT2D eigenvalue weighted by atomic mass is 9.62. The number of amides is 1. The van der Waals surface area contributed by atoms with Gasteiger partial charge >= 0.3 is 5.97 Å². The van der Waals surface area contributed by atoms with Gasteiger partial charge in [-0.25, -0.2) is 0 Å². The Morgan fingerprint density at radius 1 is 1.09 bits per heavy atom. The summed E-state index contributed by atoms with van der Waals surface area (Å²) in [6.45, 7) is 2.09. The molecule has 1 aromatic carbocycles. The fraction of sp³-hybridized carbons (Fsp3) is 0.474. The van der Waals surface area contributed by atoms with Crippen molar-refractivity contribution in [1.29, 1.82) is 0 Å². The number of allylic oxidation sites excluding steroid dienone is 2. The molecule has 2 bridgehead atoms. The second kappa shape index (κ2) is 5.22. The predicted octanol–water partition coefficient (Wildman–Crippen LogP) is 2.96. The lowest BCUT2D eigenvalue weighted by Gasteiger charge is -2.41. The Kier molecular flexibility index (Phi) is 3.29. The van der Waals surface area contributed by atoms with Gasteiger partial charge < -0.3 is 10.4 Å². The maximum atomic E-state index is 12.8. The summed E-state index contributed by atoms with van der Waals surface area (Å²) < 4.78 is 0. The molecule has 2 N–H and O–H groups in total. The number of carbonyl (C=O) groups excluding carboxylic acids is 1. The minimum atomic E-state index is -0.837. The standard InChI is InChI=1S/C19H21NO3/c1-2-10-3-5-11(6-4-10)20-18(21)16-12-7-8-13(15-9-14(12)15)17(16)19(22)23/h3-8,12-17H,2,9H2,1H3,(H,20,21)(H,22,23)/t12-,13-,14-,15-,16+,17+/m1/s1. The number of hydrogen-bond donors (Lipinski definition) is 2. The van der Waals surface area contributed by atoms with Crippen molar-refractivity contribution in [1.82, 2.24) is 0 Å². The van der Waals surface area contributed by atoms with E-state index in [0.717, 1.165) is 18.5 Å². The van der Waals surface area contributed by atoms with Gasteiger partial charge in [0.2, 0.25) is 5.91 Å². The summed E-state index contributed by atoms with van der Waals surface area (Å²) in [6, 6.07) is 7.77. The summed E-state index contributed by atoms with van der Waals surface area (Å²) in [4.78, 5) is 24.5. The van der Waals surface area contributed by atoms with Crippen LogP contribution in [-0.2, 0) is 16.0 Å². The Balaban J connectivity index is 1.56. The highest BCUT2D eigenvalue weighted by molar-refractivity contribution is 5.96. The van der Waals surface area contributed by atoms with Crippen LogP contribution in [-0.4, -0.2) is 17.0 Å². The van der Waals surface area contributed by atoms with Crippen molar-refractivity contribution < 1.29 is 14.7 Å². The average molecular weight is 311 g/mol. The first-order valence-corrected chi connectivity index (χ1v) is 8.41. The third-order valence-electron chi connectivity index (χ3n) is 5.87. The van der Waals surface area contributed by atoms with Crippen molar-refractivity contribution in [3.8, 4) is 0 Å². The molecule has 5 rings (SSSR count). The monoisotopic (exact) mass is 311 g/mol. The zero-order valence-electron chi connectivity index (χ0n) is 13.1. The van der Waals surface area contributed by atoms with Gasteiger partial charge in [-0.05, 0) is 54.2 Å². The highest BCUT2D eigenvalue weighted by Gasteiger charge is 2.62. The zero-order valence-corrected chi connectivity index (χ0v) is 13.1. The van der Waals surface area contributed by atoms with Crippen molar-refractivity contribution in [2.45, 2.75) is 19.8 Å². The molecule has 0 saturated heterocycles.